The molecule has 0 aliphatic carbocycles. The third kappa shape index (κ3) is 2.54. The lowest BCUT2D eigenvalue weighted by molar-refractivity contribution is -0.118. The van der Waals surface area contributed by atoms with Crippen molar-refractivity contribution in [2.24, 2.45) is 5.73 Å². The number of ether oxygens (including phenoxy) is 1. The zero-order valence-corrected chi connectivity index (χ0v) is 12.9. The van der Waals surface area contributed by atoms with Crippen LogP contribution in [0.5, 0.6) is 5.75 Å². The SMILES string of the molecule is COc1csc(C(N)c2ccc3c(c2)CCC(=O)N3C)c1. The summed E-state index contributed by atoms with van der Waals surface area (Å²) in [6.45, 7) is 0. The summed E-state index contributed by atoms with van der Waals surface area (Å²) in [5.41, 5.74) is 9.60. The first-order chi connectivity index (χ1) is 10.1. The first kappa shape index (κ1) is 14.1. The number of fused-ring (bicyclic) bond motifs is 1. The van der Waals surface area contributed by atoms with Crippen LogP contribution in [0, 0.1) is 0 Å². The van der Waals surface area contributed by atoms with Gasteiger partial charge in [-0.25, -0.2) is 0 Å². The molecule has 3 rings (SSSR count). The van der Waals surface area contributed by atoms with E-state index in [1.165, 1.54) is 5.56 Å². The Labute approximate surface area is 128 Å². The molecule has 1 aliphatic rings. The monoisotopic (exact) mass is 302 g/mol. The predicted molar refractivity (Wildman–Crippen MR) is 85.1 cm³/mol. The lowest BCUT2D eigenvalue weighted by atomic mass is 9.96. The van der Waals surface area contributed by atoms with Gasteiger partial charge in [-0.15, -0.1) is 11.3 Å². The first-order valence-corrected chi connectivity index (χ1v) is 7.75. The average Bonchev–Trinajstić information content (AvgIpc) is 2.99. The van der Waals surface area contributed by atoms with E-state index in [-0.39, 0.29) is 11.9 Å². The second kappa shape index (κ2) is 5.50. The normalized spacial score (nSPS) is 15.8. The van der Waals surface area contributed by atoms with Gasteiger partial charge in [0.1, 0.15) is 5.75 Å². The molecule has 2 N–H and O–H groups in total. The highest BCUT2D eigenvalue weighted by atomic mass is 32.1. The Hall–Kier alpha value is -1.85. The van der Waals surface area contributed by atoms with Crippen LogP contribution in [0.2, 0.25) is 0 Å². The Balaban J connectivity index is 1.91. The van der Waals surface area contributed by atoms with E-state index in [1.54, 1.807) is 23.3 Å². The van der Waals surface area contributed by atoms with Crippen molar-refractivity contribution in [1.29, 1.82) is 0 Å². The van der Waals surface area contributed by atoms with Crippen LogP contribution in [0.4, 0.5) is 5.69 Å². The zero-order chi connectivity index (χ0) is 15.0. The average molecular weight is 302 g/mol. The fourth-order valence-corrected chi connectivity index (χ4v) is 3.52. The van der Waals surface area contributed by atoms with Gasteiger partial charge in [-0.2, -0.15) is 0 Å². The van der Waals surface area contributed by atoms with Crippen LogP contribution in [-0.2, 0) is 11.2 Å². The molecule has 1 aromatic heterocycles. The number of nitrogens with zero attached hydrogens (tertiary/aromatic N) is 1. The number of methoxy groups -OCH3 is 1. The Kier molecular flexibility index (Phi) is 3.69. The molecule has 0 radical (unpaired) electrons. The van der Waals surface area contributed by atoms with Crippen LogP contribution < -0.4 is 15.4 Å². The van der Waals surface area contributed by atoms with Crippen molar-refractivity contribution in [1.82, 2.24) is 0 Å². The lowest BCUT2D eigenvalue weighted by Crippen LogP contribution is -2.31. The van der Waals surface area contributed by atoms with Gasteiger partial charge in [0, 0.05) is 29.4 Å². The van der Waals surface area contributed by atoms with Gasteiger partial charge < -0.3 is 15.4 Å². The summed E-state index contributed by atoms with van der Waals surface area (Å²) in [4.78, 5) is 14.5. The minimum Gasteiger partial charge on any atom is -0.496 e. The Morgan fingerprint density at radius 1 is 1.33 bits per heavy atom. The summed E-state index contributed by atoms with van der Waals surface area (Å²) in [7, 11) is 3.48. The Morgan fingerprint density at radius 2 is 2.14 bits per heavy atom. The molecule has 1 amide bonds. The second-order valence-electron chi connectivity index (χ2n) is 5.21. The molecule has 21 heavy (non-hydrogen) atoms. The fourth-order valence-electron chi connectivity index (χ4n) is 2.64. The lowest BCUT2D eigenvalue weighted by Gasteiger charge is -2.26. The Bertz CT molecular complexity index is 681. The molecule has 4 nitrogen and oxygen atoms in total. The first-order valence-electron chi connectivity index (χ1n) is 6.87. The van der Waals surface area contributed by atoms with Gasteiger partial charge in [-0.05, 0) is 29.7 Å². The molecule has 0 saturated carbocycles. The van der Waals surface area contributed by atoms with Crippen LogP contribution in [0.25, 0.3) is 0 Å². The maximum Gasteiger partial charge on any atom is 0.227 e. The highest BCUT2D eigenvalue weighted by Crippen LogP contribution is 2.33. The fraction of sp³-hybridized carbons (Fsp3) is 0.312. The molecule has 1 unspecified atom stereocenters. The predicted octanol–water partition coefficient (Wildman–Crippen LogP) is 2.71. The largest absolute Gasteiger partial charge is 0.496 e. The standard InChI is InChI=1S/C16H18N2O2S/c1-18-13-5-3-11(7-10(13)4-6-15(18)19)16(17)14-8-12(20-2)9-21-14/h3,5,7-9,16H,4,6,17H2,1-2H3. The molecular formula is C16H18N2O2S. The molecular weight excluding hydrogens is 284 g/mol. The van der Waals surface area contributed by atoms with Gasteiger partial charge in [0.15, 0.2) is 0 Å². The number of aryl methyl sites for hydroxylation is 1. The van der Waals surface area contributed by atoms with Crippen molar-refractivity contribution < 1.29 is 9.53 Å². The molecule has 0 saturated heterocycles. The van der Waals surface area contributed by atoms with E-state index < -0.39 is 0 Å². The smallest absolute Gasteiger partial charge is 0.227 e. The number of rotatable bonds is 3. The van der Waals surface area contributed by atoms with E-state index in [0.29, 0.717) is 6.42 Å². The molecule has 1 atom stereocenters. The summed E-state index contributed by atoms with van der Waals surface area (Å²) in [5.74, 6) is 1.01. The van der Waals surface area contributed by atoms with E-state index in [0.717, 1.165) is 28.3 Å². The number of amides is 1. The minimum atomic E-state index is -0.160. The van der Waals surface area contributed by atoms with E-state index in [2.05, 4.69) is 6.07 Å². The van der Waals surface area contributed by atoms with Crippen molar-refractivity contribution >= 4 is 22.9 Å². The quantitative estimate of drug-likeness (QED) is 0.948. The van der Waals surface area contributed by atoms with E-state index in [4.69, 9.17) is 10.5 Å². The topological polar surface area (TPSA) is 55.6 Å². The summed E-state index contributed by atoms with van der Waals surface area (Å²) >= 11 is 1.60. The van der Waals surface area contributed by atoms with E-state index in [9.17, 15) is 4.79 Å². The molecule has 110 valence electrons. The molecule has 1 aromatic carbocycles. The van der Waals surface area contributed by atoms with Crippen LogP contribution >= 0.6 is 11.3 Å². The van der Waals surface area contributed by atoms with Gasteiger partial charge in [-0.1, -0.05) is 12.1 Å². The molecule has 0 bridgehead atoms. The van der Waals surface area contributed by atoms with Gasteiger partial charge >= 0.3 is 0 Å². The summed E-state index contributed by atoms with van der Waals surface area (Å²) in [6.07, 6.45) is 1.35. The summed E-state index contributed by atoms with van der Waals surface area (Å²) < 4.78 is 5.21. The minimum absolute atomic E-state index is 0.160. The molecule has 0 spiro atoms. The number of hydrogen-bond donors (Lipinski definition) is 1. The molecule has 0 fully saturated rings. The van der Waals surface area contributed by atoms with Crippen molar-refractivity contribution in [2.75, 3.05) is 19.1 Å². The van der Waals surface area contributed by atoms with Gasteiger partial charge in [-0.3, -0.25) is 4.79 Å². The van der Waals surface area contributed by atoms with Crippen LogP contribution in [-0.4, -0.2) is 20.1 Å². The van der Waals surface area contributed by atoms with E-state index >= 15 is 0 Å². The number of thiophene rings is 1. The number of hydrogen-bond acceptors (Lipinski definition) is 4. The third-order valence-corrected chi connectivity index (χ3v) is 4.94. The molecule has 1 aliphatic heterocycles. The molecule has 5 heteroatoms. The van der Waals surface area contributed by atoms with Crippen LogP contribution in [0.3, 0.4) is 0 Å². The molecule has 2 aromatic rings. The number of carbonyl (C=O) groups excluding carboxylic acids is 1. The van der Waals surface area contributed by atoms with Crippen LogP contribution in [0.1, 0.15) is 28.5 Å². The van der Waals surface area contributed by atoms with Gasteiger partial charge in [0.2, 0.25) is 5.91 Å². The second-order valence-corrected chi connectivity index (χ2v) is 6.15. The number of anilines is 1. The van der Waals surface area contributed by atoms with Crippen molar-refractivity contribution in [3.05, 3.63) is 45.6 Å². The van der Waals surface area contributed by atoms with Crippen LogP contribution in [0.15, 0.2) is 29.6 Å². The third-order valence-electron chi connectivity index (χ3n) is 3.94. The Morgan fingerprint density at radius 3 is 2.86 bits per heavy atom. The molecule has 2 heterocycles. The summed E-state index contributed by atoms with van der Waals surface area (Å²) in [5, 5.41) is 1.96. The summed E-state index contributed by atoms with van der Waals surface area (Å²) in [6, 6.07) is 7.93. The zero-order valence-electron chi connectivity index (χ0n) is 12.1. The van der Waals surface area contributed by atoms with Crippen molar-refractivity contribution in [2.45, 2.75) is 18.9 Å². The number of carbonyl (C=O) groups is 1. The van der Waals surface area contributed by atoms with Gasteiger partial charge in [0.25, 0.3) is 0 Å². The maximum atomic E-state index is 11.7. The van der Waals surface area contributed by atoms with Gasteiger partial charge in [0.05, 0.1) is 13.2 Å². The maximum absolute atomic E-state index is 11.7. The van der Waals surface area contributed by atoms with E-state index in [1.807, 2.05) is 30.6 Å². The van der Waals surface area contributed by atoms with Crippen molar-refractivity contribution in [3.8, 4) is 5.75 Å². The number of benzene rings is 1. The highest BCUT2D eigenvalue weighted by Gasteiger charge is 2.22. The highest BCUT2D eigenvalue weighted by molar-refractivity contribution is 7.10. The number of nitrogens with two attached hydrogens (primary N) is 1. The van der Waals surface area contributed by atoms with Crippen molar-refractivity contribution in [3.63, 3.8) is 0 Å².